The molecule has 1 aromatic heterocycles. The van der Waals surface area contributed by atoms with Gasteiger partial charge >= 0.3 is 7.60 Å². The highest BCUT2D eigenvalue weighted by atomic mass is 31.2. The van der Waals surface area contributed by atoms with E-state index < -0.39 is 7.60 Å². The van der Waals surface area contributed by atoms with Gasteiger partial charge in [-0.05, 0) is 31.7 Å². The van der Waals surface area contributed by atoms with Crippen molar-refractivity contribution in [2.45, 2.75) is 46.0 Å². The first kappa shape index (κ1) is 21.0. The summed E-state index contributed by atoms with van der Waals surface area (Å²) in [6.07, 6.45) is 3.40. The zero-order valence-corrected chi connectivity index (χ0v) is 18.0. The van der Waals surface area contributed by atoms with Crippen molar-refractivity contribution < 1.29 is 13.6 Å². The molecule has 1 atom stereocenters. The smallest absolute Gasteiger partial charge is 0.309 e. The standard InChI is InChI=1S/C23H30NO3P/c1-4-7-12-18(17-28(25,26-5-2)27-6-3)23-21-15-9-8-13-19(21)20-14-10-11-16-22(20)24-23/h8-11,13-16,18H,4-7,12,17H2,1-3H3. The average Bonchev–Trinajstić information content (AvgIpc) is 2.71. The molecule has 1 unspecified atom stereocenters. The first-order chi connectivity index (χ1) is 13.6. The van der Waals surface area contributed by atoms with Gasteiger partial charge in [0, 0.05) is 16.7 Å². The van der Waals surface area contributed by atoms with E-state index in [0.717, 1.165) is 41.2 Å². The van der Waals surface area contributed by atoms with E-state index in [9.17, 15) is 4.57 Å². The molecule has 0 radical (unpaired) electrons. The van der Waals surface area contributed by atoms with Crippen LogP contribution in [0.25, 0.3) is 21.7 Å². The Morgan fingerprint density at radius 1 is 0.893 bits per heavy atom. The summed E-state index contributed by atoms with van der Waals surface area (Å²) < 4.78 is 24.5. The van der Waals surface area contributed by atoms with Crippen LogP contribution in [0.4, 0.5) is 0 Å². The molecule has 0 saturated heterocycles. The van der Waals surface area contributed by atoms with Crippen molar-refractivity contribution in [3.63, 3.8) is 0 Å². The number of hydrogen-bond acceptors (Lipinski definition) is 4. The highest BCUT2D eigenvalue weighted by molar-refractivity contribution is 7.53. The predicted octanol–water partition coefficient (Wildman–Crippen LogP) is 6.93. The summed E-state index contributed by atoms with van der Waals surface area (Å²) in [7, 11) is -3.16. The van der Waals surface area contributed by atoms with Crippen molar-refractivity contribution >= 4 is 29.3 Å². The Labute approximate surface area is 167 Å². The van der Waals surface area contributed by atoms with Gasteiger partial charge in [0.25, 0.3) is 0 Å². The second-order valence-electron chi connectivity index (χ2n) is 7.03. The molecule has 4 nitrogen and oxygen atoms in total. The minimum absolute atomic E-state index is 0.0263. The van der Waals surface area contributed by atoms with Crippen molar-refractivity contribution in [3.05, 3.63) is 54.2 Å². The van der Waals surface area contributed by atoms with Crippen LogP contribution in [0, 0.1) is 0 Å². The van der Waals surface area contributed by atoms with Gasteiger partial charge in [0.15, 0.2) is 0 Å². The van der Waals surface area contributed by atoms with E-state index in [2.05, 4.69) is 31.2 Å². The van der Waals surface area contributed by atoms with Crippen molar-refractivity contribution in [2.24, 2.45) is 0 Å². The normalized spacial score (nSPS) is 13.2. The maximum Gasteiger partial charge on any atom is 0.331 e. The van der Waals surface area contributed by atoms with Crippen LogP contribution in [-0.2, 0) is 13.6 Å². The Balaban J connectivity index is 2.13. The van der Waals surface area contributed by atoms with Gasteiger partial charge in [-0.1, -0.05) is 62.2 Å². The van der Waals surface area contributed by atoms with Gasteiger partial charge in [0.05, 0.1) is 30.6 Å². The Morgan fingerprint density at radius 2 is 1.50 bits per heavy atom. The maximum absolute atomic E-state index is 13.3. The molecule has 0 aliphatic rings. The van der Waals surface area contributed by atoms with Gasteiger partial charge in [-0.15, -0.1) is 0 Å². The fourth-order valence-corrected chi connectivity index (χ4v) is 5.78. The molecule has 0 bridgehead atoms. The Kier molecular flexibility index (Phi) is 7.23. The maximum atomic E-state index is 13.3. The molecule has 0 amide bonds. The molecule has 5 heteroatoms. The number of pyridine rings is 1. The number of nitrogens with zero attached hydrogens (tertiary/aromatic N) is 1. The van der Waals surface area contributed by atoms with Crippen LogP contribution >= 0.6 is 7.60 Å². The van der Waals surface area contributed by atoms with E-state index in [1.807, 2.05) is 38.1 Å². The van der Waals surface area contributed by atoms with Gasteiger partial charge in [0.2, 0.25) is 0 Å². The molecule has 3 aromatic rings. The van der Waals surface area contributed by atoms with Gasteiger partial charge in [0.1, 0.15) is 0 Å². The van der Waals surface area contributed by atoms with Crippen LogP contribution in [0.2, 0.25) is 0 Å². The van der Waals surface area contributed by atoms with Crippen molar-refractivity contribution in [1.29, 1.82) is 0 Å². The second kappa shape index (κ2) is 9.65. The van der Waals surface area contributed by atoms with E-state index in [1.54, 1.807) is 0 Å². The number of para-hydroxylation sites is 1. The molecule has 3 rings (SSSR count). The number of benzene rings is 2. The van der Waals surface area contributed by atoms with E-state index in [-0.39, 0.29) is 5.92 Å². The van der Waals surface area contributed by atoms with E-state index >= 15 is 0 Å². The lowest BCUT2D eigenvalue weighted by Gasteiger charge is -2.24. The first-order valence-corrected chi connectivity index (χ1v) is 12.0. The molecule has 0 aliphatic heterocycles. The summed E-state index contributed by atoms with van der Waals surface area (Å²) in [5.74, 6) is 0.0263. The first-order valence-electron chi connectivity index (χ1n) is 10.3. The van der Waals surface area contributed by atoms with Crippen LogP contribution < -0.4 is 0 Å². The molecule has 150 valence electrons. The minimum Gasteiger partial charge on any atom is -0.309 e. The Morgan fingerprint density at radius 3 is 2.14 bits per heavy atom. The SMILES string of the molecule is CCCCC(CP(=O)(OCC)OCC)c1nc2ccccc2c2ccccc12. The summed E-state index contributed by atoms with van der Waals surface area (Å²) in [4.78, 5) is 5.03. The molecule has 0 saturated carbocycles. The zero-order chi connectivity index (χ0) is 20.0. The summed E-state index contributed by atoms with van der Waals surface area (Å²) in [5, 5.41) is 3.46. The molecule has 0 spiro atoms. The van der Waals surface area contributed by atoms with Crippen molar-refractivity contribution in [3.8, 4) is 0 Å². The van der Waals surface area contributed by atoms with Crippen LogP contribution in [0.3, 0.4) is 0 Å². The lowest BCUT2D eigenvalue weighted by Crippen LogP contribution is -2.12. The lowest BCUT2D eigenvalue weighted by molar-refractivity contribution is 0.218. The second-order valence-corrected chi connectivity index (χ2v) is 9.13. The quantitative estimate of drug-likeness (QED) is 0.274. The molecule has 1 heterocycles. The summed E-state index contributed by atoms with van der Waals surface area (Å²) >= 11 is 0. The number of unbranched alkanes of at least 4 members (excludes halogenated alkanes) is 1. The molecule has 2 aromatic carbocycles. The highest BCUT2D eigenvalue weighted by Crippen LogP contribution is 2.52. The zero-order valence-electron chi connectivity index (χ0n) is 17.1. The highest BCUT2D eigenvalue weighted by Gasteiger charge is 2.31. The average molecular weight is 399 g/mol. The van der Waals surface area contributed by atoms with Crippen LogP contribution in [0.5, 0.6) is 0 Å². The molecule has 28 heavy (non-hydrogen) atoms. The van der Waals surface area contributed by atoms with Gasteiger partial charge < -0.3 is 9.05 Å². The third kappa shape index (κ3) is 4.63. The predicted molar refractivity (Wildman–Crippen MR) is 117 cm³/mol. The fraction of sp³-hybridized carbons (Fsp3) is 0.435. The van der Waals surface area contributed by atoms with Crippen LogP contribution in [0.1, 0.15) is 51.6 Å². The number of fused-ring (bicyclic) bond motifs is 3. The fourth-order valence-electron chi connectivity index (χ4n) is 3.81. The Hall–Kier alpha value is -1.74. The summed E-state index contributed by atoms with van der Waals surface area (Å²) in [6.45, 7) is 6.65. The largest absolute Gasteiger partial charge is 0.331 e. The molecular formula is C23H30NO3P. The summed E-state index contributed by atoms with van der Waals surface area (Å²) in [5.41, 5.74) is 1.97. The number of rotatable bonds is 10. The van der Waals surface area contributed by atoms with Gasteiger partial charge in [-0.25, -0.2) is 0 Å². The molecular weight excluding hydrogens is 369 g/mol. The van der Waals surface area contributed by atoms with Crippen LogP contribution in [0.15, 0.2) is 48.5 Å². The third-order valence-electron chi connectivity index (χ3n) is 5.03. The summed E-state index contributed by atoms with van der Waals surface area (Å²) in [6, 6.07) is 16.6. The number of aromatic nitrogens is 1. The number of hydrogen-bond donors (Lipinski definition) is 0. The topological polar surface area (TPSA) is 48.4 Å². The Bertz CT molecular complexity index is 962. The van der Waals surface area contributed by atoms with Crippen LogP contribution in [-0.4, -0.2) is 24.4 Å². The van der Waals surface area contributed by atoms with Gasteiger partial charge in [-0.3, -0.25) is 9.55 Å². The van der Waals surface area contributed by atoms with E-state index in [0.29, 0.717) is 19.4 Å². The minimum atomic E-state index is -3.16. The lowest BCUT2D eigenvalue weighted by atomic mass is 9.94. The molecule has 0 N–H and O–H groups in total. The molecule has 0 aliphatic carbocycles. The van der Waals surface area contributed by atoms with Crippen molar-refractivity contribution in [2.75, 3.05) is 19.4 Å². The van der Waals surface area contributed by atoms with Gasteiger partial charge in [-0.2, -0.15) is 0 Å². The molecule has 0 fully saturated rings. The third-order valence-corrected chi connectivity index (χ3v) is 7.22. The van der Waals surface area contributed by atoms with E-state index in [4.69, 9.17) is 14.0 Å². The monoisotopic (exact) mass is 399 g/mol. The van der Waals surface area contributed by atoms with E-state index in [1.165, 1.54) is 5.39 Å². The van der Waals surface area contributed by atoms with Crippen molar-refractivity contribution in [1.82, 2.24) is 4.98 Å².